The Morgan fingerprint density at radius 1 is 1.16 bits per heavy atom. The summed E-state index contributed by atoms with van der Waals surface area (Å²) in [5.41, 5.74) is 10.4. The van der Waals surface area contributed by atoms with Gasteiger partial charge < -0.3 is 9.99 Å². The van der Waals surface area contributed by atoms with E-state index in [4.69, 9.17) is 4.98 Å². The molecule has 6 rings (SSSR count). The van der Waals surface area contributed by atoms with Crippen LogP contribution in [0.3, 0.4) is 0 Å². The summed E-state index contributed by atoms with van der Waals surface area (Å²) < 4.78 is 4.37. The molecule has 31 heavy (non-hydrogen) atoms. The van der Waals surface area contributed by atoms with Crippen LogP contribution in [0.15, 0.2) is 47.3 Å². The van der Waals surface area contributed by atoms with E-state index < -0.39 is 0 Å². The first kappa shape index (κ1) is 18.1. The van der Waals surface area contributed by atoms with E-state index in [1.54, 1.807) is 23.7 Å². The molecular formula is C20H19N9OS. The third-order valence-electron chi connectivity index (χ3n) is 5.55. The number of benzene rings is 1. The molecule has 0 fully saturated rings. The quantitative estimate of drug-likeness (QED) is 0.395. The minimum absolute atomic E-state index is 0.127. The number of nitrogens with zero attached hydrogens (tertiary/aromatic N) is 6. The average molecular weight is 434 g/mol. The van der Waals surface area contributed by atoms with Crippen molar-refractivity contribution in [1.29, 1.82) is 0 Å². The van der Waals surface area contributed by atoms with Gasteiger partial charge >= 0.3 is 0 Å². The van der Waals surface area contributed by atoms with Crippen LogP contribution in [-0.2, 0) is 20.0 Å². The zero-order chi connectivity index (χ0) is 21.1. The van der Waals surface area contributed by atoms with Crippen molar-refractivity contribution in [2.75, 3.05) is 7.05 Å². The molecule has 3 N–H and O–H groups in total. The Bertz CT molecular complexity index is 1550. The molecule has 156 valence electrons. The fraction of sp³-hybridized carbons (Fsp3) is 0.200. The second-order valence-corrected chi connectivity index (χ2v) is 8.70. The van der Waals surface area contributed by atoms with Crippen molar-refractivity contribution >= 4 is 43.5 Å². The number of aryl methyl sites for hydroxylation is 1. The summed E-state index contributed by atoms with van der Waals surface area (Å²) in [5, 5.41) is 16.2. The highest BCUT2D eigenvalue weighted by Gasteiger charge is 2.19. The molecule has 0 atom stereocenters. The lowest BCUT2D eigenvalue weighted by atomic mass is 10.1. The fourth-order valence-corrected chi connectivity index (χ4v) is 5.19. The van der Waals surface area contributed by atoms with Gasteiger partial charge in [0.05, 0.1) is 34.9 Å². The number of rotatable bonds is 4. The Labute approximate surface area is 179 Å². The van der Waals surface area contributed by atoms with Crippen molar-refractivity contribution < 1.29 is 0 Å². The maximum absolute atomic E-state index is 13.3. The van der Waals surface area contributed by atoms with Gasteiger partial charge in [-0.05, 0) is 11.6 Å². The predicted octanol–water partition coefficient (Wildman–Crippen LogP) is 1.61. The molecule has 4 aromatic heterocycles. The highest BCUT2D eigenvalue weighted by atomic mass is 32.1. The topological polar surface area (TPSA) is 109 Å². The first-order chi connectivity index (χ1) is 15.1. The predicted molar refractivity (Wildman–Crippen MR) is 119 cm³/mol. The van der Waals surface area contributed by atoms with Crippen LogP contribution >= 0.6 is 11.3 Å². The lowest BCUT2D eigenvalue weighted by molar-refractivity contribution is 0.327. The number of aromatic amines is 1. The standard InChI is InChI=1S/C20H19N9OS/c1-27-10-12(24-26-27)6-16-23-19-18(31-16)14-8-22-29(20(30)17(14)28(19)2)9-11-4-3-5-15-13(11)7-21-25-15/h3-5,7-8,10,24,26H,6,9H2,1-2H3,(H,21,25). The molecule has 0 unspecified atom stereocenters. The minimum atomic E-state index is -0.127. The summed E-state index contributed by atoms with van der Waals surface area (Å²) >= 11 is 1.60. The monoisotopic (exact) mass is 433 g/mol. The Balaban J connectivity index is 1.41. The normalized spacial score (nSPS) is 14.1. The summed E-state index contributed by atoms with van der Waals surface area (Å²) in [6, 6.07) is 5.90. The van der Waals surface area contributed by atoms with Gasteiger partial charge in [0, 0.05) is 37.5 Å². The van der Waals surface area contributed by atoms with Crippen LogP contribution in [0.2, 0.25) is 0 Å². The molecule has 1 aliphatic rings. The second kappa shape index (κ2) is 6.65. The van der Waals surface area contributed by atoms with Gasteiger partial charge in [-0.15, -0.1) is 16.9 Å². The maximum atomic E-state index is 13.3. The molecule has 10 nitrogen and oxygen atoms in total. The summed E-state index contributed by atoms with van der Waals surface area (Å²) in [6.07, 6.45) is 6.24. The van der Waals surface area contributed by atoms with Crippen molar-refractivity contribution in [3.05, 3.63) is 63.4 Å². The van der Waals surface area contributed by atoms with Gasteiger partial charge in [0.25, 0.3) is 5.56 Å². The van der Waals surface area contributed by atoms with E-state index in [1.807, 2.05) is 48.1 Å². The fourth-order valence-electron chi connectivity index (χ4n) is 4.06. The van der Waals surface area contributed by atoms with Gasteiger partial charge in [0.1, 0.15) is 10.5 Å². The third kappa shape index (κ3) is 2.81. The lowest BCUT2D eigenvalue weighted by Crippen LogP contribution is -2.33. The van der Waals surface area contributed by atoms with Crippen LogP contribution in [0.5, 0.6) is 0 Å². The summed E-state index contributed by atoms with van der Waals surface area (Å²) in [6.45, 7) is 0.378. The molecule has 0 amide bonds. The highest BCUT2D eigenvalue weighted by Crippen LogP contribution is 2.31. The van der Waals surface area contributed by atoms with Crippen molar-refractivity contribution in [3.63, 3.8) is 0 Å². The molecule has 0 radical (unpaired) electrons. The summed E-state index contributed by atoms with van der Waals surface area (Å²) in [5.74, 6) is 0. The Morgan fingerprint density at radius 2 is 2.06 bits per heavy atom. The van der Waals surface area contributed by atoms with Gasteiger partial charge in [-0.2, -0.15) is 10.2 Å². The van der Waals surface area contributed by atoms with Crippen LogP contribution in [0.4, 0.5) is 0 Å². The van der Waals surface area contributed by atoms with Crippen molar-refractivity contribution in [2.24, 2.45) is 7.05 Å². The summed E-state index contributed by atoms with van der Waals surface area (Å²) in [7, 11) is 3.81. The van der Waals surface area contributed by atoms with E-state index >= 15 is 0 Å². The molecule has 1 aromatic carbocycles. The second-order valence-electron chi connectivity index (χ2n) is 7.62. The molecule has 0 saturated carbocycles. The minimum Gasteiger partial charge on any atom is -0.323 e. The van der Waals surface area contributed by atoms with E-state index in [-0.39, 0.29) is 5.56 Å². The SMILES string of the molecule is CN1C=C(Cc2nc3c(s2)c2cnn(Cc4cccc5[nH]ncc45)c(=O)c2n3C)NN1. The zero-order valence-electron chi connectivity index (χ0n) is 16.9. The number of thiazole rings is 1. The number of H-pyrrole nitrogens is 1. The molecule has 0 bridgehead atoms. The molecule has 0 saturated heterocycles. The molecule has 11 heteroatoms. The van der Waals surface area contributed by atoms with Gasteiger partial charge in [-0.25, -0.2) is 9.67 Å². The van der Waals surface area contributed by atoms with E-state index in [2.05, 4.69) is 26.3 Å². The number of fused-ring (bicyclic) bond motifs is 4. The number of nitrogens with one attached hydrogen (secondary N) is 3. The van der Waals surface area contributed by atoms with E-state index in [0.29, 0.717) is 18.5 Å². The smallest absolute Gasteiger partial charge is 0.291 e. The van der Waals surface area contributed by atoms with Gasteiger partial charge in [0.2, 0.25) is 0 Å². The Kier molecular flexibility index (Phi) is 3.88. The van der Waals surface area contributed by atoms with Gasteiger partial charge in [-0.3, -0.25) is 14.9 Å². The molecule has 0 aliphatic carbocycles. The number of hydrazine groups is 2. The van der Waals surface area contributed by atoms with Crippen molar-refractivity contribution in [2.45, 2.75) is 13.0 Å². The lowest BCUT2D eigenvalue weighted by Gasteiger charge is -2.07. The van der Waals surface area contributed by atoms with Gasteiger partial charge in [0.15, 0.2) is 5.65 Å². The van der Waals surface area contributed by atoms with Crippen molar-refractivity contribution in [3.8, 4) is 0 Å². The number of allylic oxidation sites excluding steroid dienone is 1. The van der Waals surface area contributed by atoms with Crippen LogP contribution in [0, 0.1) is 0 Å². The third-order valence-corrected chi connectivity index (χ3v) is 6.63. The number of aromatic nitrogens is 6. The molecule has 0 spiro atoms. The van der Waals surface area contributed by atoms with E-state index in [1.165, 1.54) is 4.68 Å². The molecule has 5 aromatic rings. The first-order valence-electron chi connectivity index (χ1n) is 9.78. The number of hydrogen-bond acceptors (Lipinski definition) is 8. The van der Waals surface area contributed by atoms with Crippen LogP contribution in [-0.4, -0.2) is 41.6 Å². The van der Waals surface area contributed by atoms with E-state index in [9.17, 15) is 4.79 Å². The molecule has 1 aliphatic heterocycles. The zero-order valence-corrected chi connectivity index (χ0v) is 17.7. The highest BCUT2D eigenvalue weighted by molar-refractivity contribution is 7.19. The number of hydrogen-bond donors (Lipinski definition) is 3. The van der Waals surface area contributed by atoms with Crippen LogP contribution in [0.25, 0.3) is 32.2 Å². The van der Waals surface area contributed by atoms with Crippen LogP contribution < -0.4 is 16.5 Å². The van der Waals surface area contributed by atoms with Crippen LogP contribution in [0.1, 0.15) is 10.6 Å². The van der Waals surface area contributed by atoms with Gasteiger partial charge in [-0.1, -0.05) is 12.1 Å². The molecule has 5 heterocycles. The molecular weight excluding hydrogens is 414 g/mol. The first-order valence-corrected chi connectivity index (χ1v) is 10.6. The average Bonchev–Trinajstić information content (AvgIpc) is 3.52. The summed E-state index contributed by atoms with van der Waals surface area (Å²) in [4.78, 5) is 18.1. The van der Waals surface area contributed by atoms with Crippen molar-refractivity contribution in [1.82, 2.24) is 45.5 Å². The Morgan fingerprint density at radius 3 is 2.90 bits per heavy atom. The van der Waals surface area contributed by atoms with E-state index in [0.717, 1.165) is 42.9 Å². The Hall–Kier alpha value is -3.70. The largest absolute Gasteiger partial charge is 0.323 e. The maximum Gasteiger partial charge on any atom is 0.291 e.